The van der Waals surface area contributed by atoms with E-state index in [1.54, 1.807) is 0 Å². The van der Waals surface area contributed by atoms with E-state index in [2.05, 4.69) is 87.3 Å². The summed E-state index contributed by atoms with van der Waals surface area (Å²) >= 11 is 0. The van der Waals surface area contributed by atoms with E-state index in [0.717, 1.165) is 12.8 Å². The number of hydrogen-bond acceptors (Lipinski definition) is 2. The van der Waals surface area contributed by atoms with Crippen molar-refractivity contribution in [2.24, 2.45) is 5.41 Å². The lowest BCUT2D eigenvalue weighted by atomic mass is 9.55. The highest BCUT2D eigenvalue weighted by atomic mass is 15.4. The fourth-order valence-electron chi connectivity index (χ4n) is 5.45. The summed E-state index contributed by atoms with van der Waals surface area (Å²) < 4.78 is 0. The van der Waals surface area contributed by atoms with Gasteiger partial charge in [-0.2, -0.15) is 0 Å². The third kappa shape index (κ3) is 2.45. The molecular formula is C25H34N2. The smallest absolute Gasteiger partial charge is 0.110 e. The van der Waals surface area contributed by atoms with Gasteiger partial charge in [0, 0.05) is 16.5 Å². The van der Waals surface area contributed by atoms with Gasteiger partial charge in [0.25, 0.3) is 0 Å². The molecule has 0 bridgehead atoms. The minimum atomic E-state index is 0.151. The summed E-state index contributed by atoms with van der Waals surface area (Å²) in [4.78, 5) is 2.58. The van der Waals surface area contributed by atoms with E-state index in [1.807, 2.05) is 0 Å². The first-order chi connectivity index (χ1) is 13.0. The Morgan fingerprint density at radius 2 is 1.74 bits per heavy atom. The predicted octanol–water partition coefficient (Wildman–Crippen LogP) is 7.02. The van der Waals surface area contributed by atoms with Crippen molar-refractivity contribution >= 4 is 17.1 Å². The molecule has 144 valence electrons. The SMILES string of the molecule is CCCCc1ccc2c(c1)NC1N2c2ccccc2C(C)(CC)C1(C)CC. The van der Waals surface area contributed by atoms with Crippen LogP contribution < -0.4 is 10.2 Å². The molecule has 0 aromatic heterocycles. The molecule has 2 aliphatic rings. The summed E-state index contributed by atoms with van der Waals surface area (Å²) in [6, 6.07) is 16.1. The fourth-order valence-corrected chi connectivity index (χ4v) is 5.45. The van der Waals surface area contributed by atoms with Crippen LogP contribution >= 0.6 is 0 Å². The molecule has 1 N–H and O–H groups in total. The zero-order valence-electron chi connectivity index (χ0n) is 17.6. The van der Waals surface area contributed by atoms with Crippen LogP contribution in [-0.4, -0.2) is 6.17 Å². The van der Waals surface area contributed by atoms with E-state index in [4.69, 9.17) is 0 Å². The van der Waals surface area contributed by atoms with Crippen LogP contribution in [0.2, 0.25) is 0 Å². The molecule has 0 fully saturated rings. The summed E-state index contributed by atoms with van der Waals surface area (Å²) in [7, 11) is 0. The molecule has 2 heteroatoms. The standard InChI is InChI=1S/C25H34N2/c1-6-9-12-18-15-16-22-20(17-18)26-23-25(5,8-3)24(4,7-2)19-13-10-11-14-21(19)27(22)23/h10-11,13-17,23,26H,6-9,12H2,1-5H3. The predicted molar refractivity (Wildman–Crippen MR) is 117 cm³/mol. The number of hydrogen-bond donors (Lipinski definition) is 1. The number of fused-ring (bicyclic) bond motifs is 5. The van der Waals surface area contributed by atoms with Crippen LogP contribution in [0.5, 0.6) is 0 Å². The first kappa shape index (κ1) is 18.4. The number of aryl methyl sites for hydroxylation is 1. The summed E-state index contributed by atoms with van der Waals surface area (Å²) in [5.74, 6) is 0. The molecule has 0 saturated carbocycles. The highest BCUT2D eigenvalue weighted by Gasteiger charge is 2.57. The van der Waals surface area contributed by atoms with E-state index >= 15 is 0 Å². The van der Waals surface area contributed by atoms with Gasteiger partial charge in [0.2, 0.25) is 0 Å². The molecule has 3 unspecified atom stereocenters. The van der Waals surface area contributed by atoms with Gasteiger partial charge >= 0.3 is 0 Å². The van der Waals surface area contributed by atoms with Gasteiger partial charge in [-0.25, -0.2) is 0 Å². The van der Waals surface area contributed by atoms with Crippen molar-refractivity contribution in [3.05, 3.63) is 53.6 Å². The molecule has 0 amide bonds. The maximum Gasteiger partial charge on any atom is 0.110 e. The van der Waals surface area contributed by atoms with Gasteiger partial charge in [0.15, 0.2) is 0 Å². The van der Waals surface area contributed by atoms with Gasteiger partial charge in [0.05, 0.1) is 11.4 Å². The molecule has 0 radical (unpaired) electrons. The number of nitrogens with zero attached hydrogens (tertiary/aromatic N) is 1. The molecule has 0 saturated heterocycles. The molecule has 27 heavy (non-hydrogen) atoms. The van der Waals surface area contributed by atoms with Crippen LogP contribution in [0, 0.1) is 5.41 Å². The Bertz CT molecular complexity index is 842. The van der Waals surface area contributed by atoms with Crippen molar-refractivity contribution in [2.75, 3.05) is 10.2 Å². The Hall–Kier alpha value is -1.96. The highest BCUT2D eigenvalue weighted by Crippen LogP contribution is 2.61. The van der Waals surface area contributed by atoms with Crippen LogP contribution in [0.15, 0.2) is 42.5 Å². The van der Waals surface area contributed by atoms with E-state index in [9.17, 15) is 0 Å². The Balaban J connectivity index is 1.87. The Labute approximate surface area is 165 Å². The average Bonchev–Trinajstić information content (AvgIpc) is 3.09. The summed E-state index contributed by atoms with van der Waals surface area (Å²) in [5, 5.41) is 3.95. The second-order valence-corrected chi connectivity index (χ2v) is 8.85. The number of anilines is 3. The van der Waals surface area contributed by atoms with Crippen LogP contribution in [0.3, 0.4) is 0 Å². The van der Waals surface area contributed by atoms with Gasteiger partial charge in [-0.05, 0) is 55.0 Å². The van der Waals surface area contributed by atoms with Crippen LogP contribution in [0.25, 0.3) is 0 Å². The fraction of sp³-hybridized carbons (Fsp3) is 0.520. The minimum absolute atomic E-state index is 0.151. The maximum atomic E-state index is 3.95. The van der Waals surface area contributed by atoms with Crippen molar-refractivity contribution in [1.29, 1.82) is 0 Å². The Morgan fingerprint density at radius 3 is 2.44 bits per heavy atom. The number of para-hydroxylation sites is 1. The summed E-state index contributed by atoms with van der Waals surface area (Å²) in [6.45, 7) is 11.9. The van der Waals surface area contributed by atoms with Gasteiger partial charge in [-0.15, -0.1) is 0 Å². The van der Waals surface area contributed by atoms with Crippen LogP contribution in [0.1, 0.15) is 71.4 Å². The van der Waals surface area contributed by atoms with E-state index in [1.165, 1.54) is 47.5 Å². The van der Waals surface area contributed by atoms with Gasteiger partial charge in [-0.1, -0.05) is 65.3 Å². The maximum absolute atomic E-state index is 3.95. The van der Waals surface area contributed by atoms with Gasteiger partial charge in [-0.3, -0.25) is 0 Å². The average molecular weight is 363 g/mol. The number of nitrogens with one attached hydrogen (secondary N) is 1. The molecule has 2 aliphatic heterocycles. The molecule has 0 spiro atoms. The van der Waals surface area contributed by atoms with Crippen molar-refractivity contribution in [3.8, 4) is 0 Å². The molecule has 2 nitrogen and oxygen atoms in total. The third-order valence-electron chi connectivity index (χ3n) is 7.75. The van der Waals surface area contributed by atoms with Crippen LogP contribution in [0.4, 0.5) is 17.1 Å². The molecule has 2 aromatic carbocycles. The third-order valence-corrected chi connectivity index (χ3v) is 7.75. The number of benzene rings is 2. The number of rotatable bonds is 5. The first-order valence-corrected chi connectivity index (χ1v) is 10.8. The first-order valence-electron chi connectivity index (χ1n) is 10.8. The second-order valence-electron chi connectivity index (χ2n) is 8.85. The minimum Gasteiger partial charge on any atom is -0.363 e. The quantitative estimate of drug-likeness (QED) is 0.615. The highest BCUT2D eigenvalue weighted by molar-refractivity contribution is 5.86. The summed E-state index contributed by atoms with van der Waals surface area (Å²) in [6.07, 6.45) is 6.28. The molecule has 2 heterocycles. The van der Waals surface area contributed by atoms with Crippen LogP contribution in [-0.2, 0) is 11.8 Å². The van der Waals surface area contributed by atoms with E-state index in [-0.39, 0.29) is 10.8 Å². The monoisotopic (exact) mass is 362 g/mol. The zero-order valence-corrected chi connectivity index (χ0v) is 17.6. The van der Waals surface area contributed by atoms with Gasteiger partial charge < -0.3 is 10.2 Å². The van der Waals surface area contributed by atoms with Crippen molar-refractivity contribution in [2.45, 2.75) is 78.3 Å². The lowest BCUT2D eigenvalue weighted by molar-refractivity contribution is 0.105. The summed E-state index contributed by atoms with van der Waals surface area (Å²) in [5.41, 5.74) is 7.28. The molecular weight excluding hydrogens is 328 g/mol. The van der Waals surface area contributed by atoms with E-state index < -0.39 is 0 Å². The molecule has 2 aromatic rings. The second kappa shape index (κ2) is 6.58. The largest absolute Gasteiger partial charge is 0.363 e. The van der Waals surface area contributed by atoms with E-state index in [0.29, 0.717) is 6.17 Å². The topological polar surface area (TPSA) is 15.3 Å². The molecule has 4 rings (SSSR count). The Morgan fingerprint density at radius 1 is 0.963 bits per heavy atom. The van der Waals surface area contributed by atoms with Gasteiger partial charge in [0.1, 0.15) is 6.17 Å². The molecule has 0 aliphatic carbocycles. The Kier molecular flexibility index (Phi) is 4.49. The lowest BCUT2D eigenvalue weighted by Gasteiger charge is -2.57. The van der Waals surface area contributed by atoms with Crippen molar-refractivity contribution < 1.29 is 0 Å². The lowest BCUT2D eigenvalue weighted by Crippen LogP contribution is -2.59. The number of unbranched alkanes of at least 4 members (excludes halogenated alkanes) is 1. The van der Waals surface area contributed by atoms with Crippen molar-refractivity contribution in [1.82, 2.24) is 0 Å². The van der Waals surface area contributed by atoms with Crippen molar-refractivity contribution in [3.63, 3.8) is 0 Å². The zero-order chi connectivity index (χ0) is 19.2. The normalized spacial score (nSPS) is 28.3. The molecule has 3 atom stereocenters.